The molecule has 0 fully saturated rings. The molecule has 0 aliphatic carbocycles. The molecule has 5 nitrogen and oxygen atoms in total. The van der Waals surface area contributed by atoms with Crippen molar-refractivity contribution in [2.75, 3.05) is 11.9 Å². The van der Waals surface area contributed by atoms with E-state index in [9.17, 15) is 9.59 Å². The summed E-state index contributed by atoms with van der Waals surface area (Å²) in [5.41, 5.74) is 2.25. The predicted octanol–water partition coefficient (Wildman–Crippen LogP) is 3.31. The SMILES string of the molecule is O=C(NCCc1ccccc1)c1cccc(C(=O)Nc2ccccc2)n1. The molecule has 130 valence electrons. The average Bonchev–Trinajstić information content (AvgIpc) is 2.69. The molecular formula is C21H19N3O2. The smallest absolute Gasteiger partial charge is 0.274 e. The molecule has 3 aromatic rings. The first-order valence-corrected chi connectivity index (χ1v) is 8.38. The van der Waals surface area contributed by atoms with Gasteiger partial charge in [-0.05, 0) is 36.2 Å². The lowest BCUT2D eigenvalue weighted by molar-refractivity contribution is 0.0949. The second kappa shape index (κ2) is 8.58. The molecular weight excluding hydrogens is 326 g/mol. The molecule has 26 heavy (non-hydrogen) atoms. The molecule has 0 spiro atoms. The topological polar surface area (TPSA) is 71.1 Å². The van der Waals surface area contributed by atoms with Crippen molar-refractivity contribution in [3.05, 3.63) is 95.8 Å². The van der Waals surface area contributed by atoms with Gasteiger partial charge in [-0.15, -0.1) is 0 Å². The number of para-hydroxylation sites is 1. The van der Waals surface area contributed by atoms with Gasteiger partial charge in [0, 0.05) is 12.2 Å². The fourth-order valence-electron chi connectivity index (χ4n) is 2.46. The zero-order chi connectivity index (χ0) is 18.2. The van der Waals surface area contributed by atoms with Crippen LogP contribution in [0.25, 0.3) is 0 Å². The second-order valence-corrected chi connectivity index (χ2v) is 5.72. The lowest BCUT2D eigenvalue weighted by atomic mass is 10.1. The van der Waals surface area contributed by atoms with E-state index in [4.69, 9.17) is 0 Å². The Hall–Kier alpha value is -3.47. The maximum Gasteiger partial charge on any atom is 0.274 e. The Labute approximate surface area is 152 Å². The van der Waals surface area contributed by atoms with Gasteiger partial charge in [0.2, 0.25) is 0 Å². The molecule has 1 aromatic heterocycles. The van der Waals surface area contributed by atoms with E-state index in [2.05, 4.69) is 15.6 Å². The summed E-state index contributed by atoms with van der Waals surface area (Å²) in [5, 5.41) is 5.59. The summed E-state index contributed by atoms with van der Waals surface area (Å²) >= 11 is 0. The number of carbonyl (C=O) groups is 2. The fourth-order valence-corrected chi connectivity index (χ4v) is 2.46. The predicted molar refractivity (Wildman–Crippen MR) is 101 cm³/mol. The number of rotatable bonds is 6. The molecule has 0 atom stereocenters. The van der Waals surface area contributed by atoms with E-state index in [0.29, 0.717) is 12.2 Å². The minimum Gasteiger partial charge on any atom is -0.350 e. The van der Waals surface area contributed by atoms with E-state index < -0.39 is 0 Å². The molecule has 2 amide bonds. The number of nitrogens with one attached hydrogen (secondary N) is 2. The number of benzene rings is 2. The van der Waals surface area contributed by atoms with Crippen molar-refractivity contribution >= 4 is 17.5 Å². The van der Waals surface area contributed by atoms with Gasteiger partial charge in [-0.3, -0.25) is 9.59 Å². The monoisotopic (exact) mass is 345 g/mol. The summed E-state index contributed by atoms with van der Waals surface area (Å²) in [4.78, 5) is 28.7. The highest BCUT2D eigenvalue weighted by molar-refractivity contribution is 6.03. The quantitative estimate of drug-likeness (QED) is 0.720. The number of nitrogens with zero attached hydrogens (tertiary/aromatic N) is 1. The van der Waals surface area contributed by atoms with E-state index in [0.717, 1.165) is 12.0 Å². The van der Waals surface area contributed by atoms with Crippen LogP contribution in [0.1, 0.15) is 26.5 Å². The van der Waals surface area contributed by atoms with Crippen LogP contribution in [0.5, 0.6) is 0 Å². The van der Waals surface area contributed by atoms with Crippen LogP contribution in [0.15, 0.2) is 78.9 Å². The minimum atomic E-state index is -0.352. The Balaban J connectivity index is 1.59. The van der Waals surface area contributed by atoms with Gasteiger partial charge in [-0.2, -0.15) is 0 Å². The average molecular weight is 345 g/mol. The molecule has 0 unspecified atom stereocenters. The fraction of sp³-hybridized carbons (Fsp3) is 0.0952. The Morgan fingerprint density at radius 1 is 0.731 bits per heavy atom. The largest absolute Gasteiger partial charge is 0.350 e. The first-order valence-electron chi connectivity index (χ1n) is 8.38. The third kappa shape index (κ3) is 4.77. The van der Waals surface area contributed by atoms with Gasteiger partial charge >= 0.3 is 0 Å². The van der Waals surface area contributed by atoms with Crippen molar-refractivity contribution in [1.82, 2.24) is 10.3 Å². The van der Waals surface area contributed by atoms with E-state index in [1.807, 2.05) is 48.5 Å². The van der Waals surface area contributed by atoms with Crippen LogP contribution >= 0.6 is 0 Å². The first-order chi connectivity index (χ1) is 12.7. The molecule has 3 rings (SSSR count). The zero-order valence-corrected chi connectivity index (χ0v) is 14.2. The van der Waals surface area contributed by atoms with Crippen LogP contribution in [0.4, 0.5) is 5.69 Å². The third-order valence-corrected chi connectivity index (χ3v) is 3.79. The highest BCUT2D eigenvalue weighted by Gasteiger charge is 2.12. The van der Waals surface area contributed by atoms with Crippen LogP contribution in [0.2, 0.25) is 0 Å². The normalized spacial score (nSPS) is 10.2. The standard InChI is InChI=1S/C21H19N3O2/c25-20(22-15-14-16-8-3-1-4-9-16)18-12-7-13-19(24-18)21(26)23-17-10-5-2-6-11-17/h1-13H,14-15H2,(H,22,25)(H,23,26). The van der Waals surface area contributed by atoms with Gasteiger partial charge in [0.1, 0.15) is 11.4 Å². The van der Waals surface area contributed by atoms with Crippen molar-refractivity contribution < 1.29 is 9.59 Å². The molecule has 1 heterocycles. The highest BCUT2D eigenvalue weighted by Crippen LogP contribution is 2.08. The number of carbonyl (C=O) groups excluding carboxylic acids is 2. The van der Waals surface area contributed by atoms with Crippen LogP contribution in [-0.4, -0.2) is 23.3 Å². The molecule has 0 radical (unpaired) electrons. The van der Waals surface area contributed by atoms with Crippen molar-refractivity contribution in [3.63, 3.8) is 0 Å². The van der Waals surface area contributed by atoms with Crippen molar-refractivity contribution in [3.8, 4) is 0 Å². The minimum absolute atomic E-state index is 0.199. The molecule has 0 aliphatic heterocycles. The molecule has 2 N–H and O–H groups in total. The van der Waals surface area contributed by atoms with Crippen LogP contribution < -0.4 is 10.6 Å². The Morgan fingerprint density at radius 2 is 1.35 bits per heavy atom. The number of hydrogen-bond acceptors (Lipinski definition) is 3. The van der Waals surface area contributed by atoms with Gasteiger partial charge in [0.15, 0.2) is 0 Å². The van der Waals surface area contributed by atoms with E-state index in [1.54, 1.807) is 30.3 Å². The lowest BCUT2D eigenvalue weighted by Gasteiger charge is -2.07. The summed E-state index contributed by atoms with van der Waals surface area (Å²) in [6.07, 6.45) is 0.737. The second-order valence-electron chi connectivity index (χ2n) is 5.72. The van der Waals surface area contributed by atoms with Gasteiger partial charge in [0.25, 0.3) is 11.8 Å². The zero-order valence-electron chi connectivity index (χ0n) is 14.2. The summed E-state index contributed by atoms with van der Waals surface area (Å²) < 4.78 is 0. The molecule has 0 bridgehead atoms. The molecule has 0 saturated carbocycles. The van der Waals surface area contributed by atoms with Crippen molar-refractivity contribution in [1.29, 1.82) is 0 Å². The Morgan fingerprint density at radius 3 is 2.04 bits per heavy atom. The van der Waals surface area contributed by atoms with Crippen LogP contribution in [-0.2, 0) is 6.42 Å². The van der Waals surface area contributed by atoms with E-state index in [1.165, 1.54) is 0 Å². The summed E-state index contributed by atoms with van der Waals surface area (Å²) in [6, 6.07) is 23.9. The van der Waals surface area contributed by atoms with Crippen LogP contribution in [0.3, 0.4) is 0 Å². The molecule has 0 saturated heterocycles. The Bertz CT molecular complexity index is 880. The summed E-state index contributed by atoms with van der Waals surface area (Å²) in [6.45, 7) is 0.505. The highest BCUT2D eigenvalue weighted by atomic mass is 16.2. The lowest BCUT2D eigenvalue weighted by Crippen LogP contribution is -2.27. The van der Waals surface area contributed by atoms with Gasteiger partial charge in [-0.1, -0.05) is 54.6 Å². The maximum absolute atomic E-state index is 12.3. The van der Waals surface area contributed by atoms with Gasteiger partial charge < -0.3 is 10.6 Å². The van der Waals surface area contributed by atoms with Crippen molar-refractivity contribution in [2.45, 2.75) is 6.42 Å². The summed E-state index contributed by atoms with van der Waals surface area (Å²) in [5.74, 6) is -0.648. The number of pyridine rings is 1. The van der Waals surface area contributed by atoms with Gasteiger partial charge in [0.05, 0.1) is 0 Å². The van der Waals surface area contributed by atoms with Gasteiger partial charge in [-0.25, -0.2) is 4.98 Å². The van der Waals surface area contributed by atoms with E-state index >= 15 is 0 Å². The van der Waals surface area contributed by atoms with Crippen molar-refractivity contribution in [2.24, 2.45) is 0 Å². The molecule has 0 aliphatic rings. The number of amides is 2. The first kappa shape index (κ1) is 17.4. The number of hydrogen-bond donors (Lipinski definition) is 2. The Kier molecular flexibility index (Phi) is 5.72. The molecule has 2 aromatic carbocycles. The number of anilines is 1. The van der Waals surface area contributed by atoms with E-state index in [-0.39, 0.29) is 23.2 Å². The molecule has 5 heteroatoms. The number of aromatic nitrogens is 1. The summed E-state index contributed by atoms with van der Waals surface area (Å²) in [7, 11) is 0. The van der Waals surface area contributed by atoms with Crippen LogP contribution in [0, 0.1) is 0 Å². The third-order valence-electron chi connectivity index (χ3n) is 3.79. The maximum atomic E-state index is 12.3.